The Hall–Kier alpha value is -3.90. The Balaban J connectivity index is 1.38. The van der Waals surface area contributed by atoms with E-state index in [4.69, 9.17) is 9.97 Å². The Morgan fingerprint density at radius 2 is 1.79 bits per heavy atom. The number of para-hydroxylation sites is 1. The molecular weight excluding hydrogens is 410 g/mol. The standard InChI is InChI=1S/C27H23N5O/c1-17-6-7-24-20(14-17)21(19-4-2-3-5-23(19)29-24)15-32-13-10-25-22(16-32)27(33)31-26(30-25)18-8-11-28-12-9-18/h2-9,11-12,14H,10,13,15-16H2,1H3,(H,30,31,33). The lowest BCUT2D eigenvalue weighted by molar-refractivity contribution is 0.243. The molecule has 3 aromatic heterocycles. The van der Waals surface area contributed by atoms with Gasteiger partial charge >= 0.3 is 0 Å². The van der Waals surface area contributed by atoms with E-state index in [1.807, 2.05) is 18.2 Å². The Morgan fingerprint density at radius 1 is 0.970 bits per heavy atom. The minimum absolute atomic E-state index is 0.0585. The van der Waals surface area contributed by atoms with Crippen LogP contribution in [0.1, 0.15) is 22.4 Å². The van der Waals surface area contributed by atoms with Crippen molar-refractivity contribution in [2.24, 2.45) is 0 Å². The maximum Gasteiger partial charge on any atom is 0.255 e. The van der Waals surface area contributed by atoms with E-state index in [1.54, 1.807) is 12.4 Å². The Kier molecular flexibility index (Phi) is 4.73. The molecule has 162 valence electrons. The molecule has 0 radical (unpaired) electrons. The number of hydrogen-bond donors (Lipinski definition) is 1. The third-order valence-corrected chi connectivity index (χ3v) is 6.43. The number of hydrogen-bond acceptors (Lipinski definition) is 5. The number of nitrogens with zero attached hydrogens (tertiary/aromatic N) is 4. The van der Waals surface area contributed by atoms with Crippen molar-refractivity contribution in [3.8, 4) is 11.4 Å². The lowest BCUT2D eigenvalue weighted by Crippen LogP contribution is -2.35. The van der Waals surface area contributed by atoms with Crippen LogP contribution in [0.2, 0.25) is 0 Å². The molecule has 0 saturated heterocycles. The van der Waals surface area contributed by atoms with E-state index in [9.17, 15) is 4.79 Å². The summed E-state index contributed by atoms with van der Waals surface area (Å²) in [6.07, 6.45) is 4.17. The first-order chi connectivity index (χ1) is 16.2. The second kappa shape index (κ2) is 7.90. The van der Waals surface area contributed by atoms with Crippen LogP contribution in [0, 0.1) is 6.92 Å². The number of pyridine rings is 2. The molecule has 0 bridgehead atoms. The van der Waals surface area contributed by atoms with Crippen molar-refractivity contribution < 1.29 is 0 Å². The molecule has 0 fully saturated rings. The number of aryl methyl sites for hydroxylation is 1. The molecule has 0 saturated carbocycles. The molecule has 0 atom stereocenters. The van der Waals surface area contributed by atoms with Gasteiger partial charge in [0.15, 0.2) is 0 Å². The molecule has 6 nitrogen and oxygen atoms in total. The predicted molar refractivity (Wildman–Crippen MR) is 130 cm³/mol. The van der Waals surface area contributed by atoms with Crippen molar-refractivity contribution in [2.45, 2.75) is 26.4 Å². The Morgan fingerprint density at radius 3 is 2.67 bits per heavy atom. The number of H-pyrrole nitrogens is 1. The quantitative estimate of drug-likeness (QED) is 0.427. The number of rotatable bonds is 3. The third kappa shape index (κ3) is 3.58. The molecule has 33 heavy (non-hydrogen) atoms. The molecule has 0 spiro atoms. The lowest BCUT2D eigenvalue weighted by Gasteiger charge is -2.28. The highest BCUT2D eigenvalue weighted by molar-refractivity contribution is 5.97. The number of aromatic nitrogens is 4. The van der Waals surface area contributed by atoms with E-state index >= 15 is 0 Å². The number of fused-ring (bicyclic) bond motifs is 3. The van der Waals surface area contributed by atoms with Crippen LogP contribution in [0.3, 0.4) is 0 Å². The monoisotopic (exact) mass is 433 g/mol. The van der Waals surface area contributed by atoms with Crippen LogP contribution in [0.25, 0.3) is 33.2 Å². The van der Waals surface area contributed by atoms with E-state index in [0.717, 1.165) is 47.4 Å². The van der Waals surface area contributed by atoms with Gasteiger partial charge in [-0.3, -0.25) is 14.7 Å². The van der Waals surface area contributed by atoms with Crippen LogP contribution in [-0.4, -0.2) is 31.4 Å². The van der Waals surface area contributed by atoms with Crippen molar-refractivity contribution in [3.63, 3.8) is 0 Å². The van der Waals surface area contributed by atoms with Crippen LogP contribution in [0.15, 0.2) is 71.8 Å². The minimum Gasteiger partial charge on any atom is -0.306 e. The first kappa shape index (κ1) is 19.8. The summed E-state index contributed by atoms with van der Waals surface area (Å²) in [4.78, 5) is 32.0. The SMILES string of the molecule is Cc1ccc2nc3ccccc3c(CN3CCc4nc(-c5ccncc5)[nH]c(=O)c4C3)c2c1. The van der Waals surface area contributed by atoms with Crippen LogP contribution in [0.5, 0.6) is 0 Å². The fourth-order valence-corrected chi connectivity index (χ4v) is 4.75. The molecule has 1 N–H and O–H groups in total. The second-order valence-corrected chi connectivity index (χ2v) is 8.66. The molecule has 6 rings (SSSR count). The van der Waals surface area contributed by atoms with Gasteiger partial charge in [0.05, 0.1) is 22.3 Å². The first-order valence-corrected chi connectivity index (χ1v) is 11.2. The second-order valence-electron chi connectivity index (χ2n) is 8.66. The summed E-state index contributed by atoms with van der Waals surface area (Å²) in [5.74, 6) is 0.608. The van der Waals surface area contributed by atoms with E-state index in [1.165, 1.54) is 21.9 Å². The molecule has 5 aromatic rings. The molecule has 0 unspecified atom stereocenters. The third-order valence-electron chi connectivity index (χ3n) is 6.43. The molecule has 1 aliphatic heterocycles. The lowest BCUT2D eigenvalue weighted by atomic mass is 9.99. The van der Waals surface area contributed by atoms with Crippen molar-refractivity contribution in [2.75, 3.05) is 6.54 Å². The highest BCUT2D eigenvalue weighted by Gasteiger charge is 2.23. The molecule has 0 aliphatic carbocycles. The van der Waals surface area contributed by atoms with E-state index in [-0.39, 0.29) is 5.56 Å². The summed E-state index contributed by atoms with van der Waals surface area (Å²) < 4.78 is 0. The van der Waals surface area contributed by atoms with Crippen LogP contribution < -0.4 is 5.56 Å². The minimum atomic E-state index is -0.0585. The zero-order valence-corrected chi connectivity index (χ0v) is 18.4. The fourth-order valence-electron chi connectivity index (χ4n) is 4.75. The van der Waals surface area contributed by atoms with Gasteiger partial charge in [-0.1, -0.05) is 29.8 Å². The van der Waals surface area contributed by atoms with E-state index in [0.29, 0.717) is 12.4 Å². The Labute approximate surface area is 191 Å². The van der Waals surface area contributed by atoms with Crippen LogP contribution in [-0.2, 0) is 19.5 Å². The highest BCUT2D eigenvalue weighted by atomic mass is 16.1. The van der Waals surface area contributed by atoms with Crippen molar-refractivity contribution in [3.05, 3.63) is 99.7 Å². The summed E-state index contributed by atoms with van der Waals surface area (Å²) in [7, 11) is 0. The van der Waals surface area contributed by atoms with Gasteiger partial charge in [0.1, 0.15) is 5.82 Å². The summed E-state index contributed by atoms with van der Waals surface area (Å²) in [6, 6.07) is 18.5. The van der Waals surface area contributed by atoms with Gasteiger partial charge in [-0.15, -0.1) is 0 Å². The van der Waals surface area contributed by atoms with Gasteiger partial charge in [-0.25, -0.2) is 9.97 Å². The molecule has 4 heterocycles. The van der Waals surface area contributed by atoms with Crippen LogP contribution >= 0.6 is 0 Å². The van der Waals surface area contributed by atoms with E-state index < -0.39 is 0 Å². The van der Waals surface area contributed by atoms with Gasteiger partial charge < -0.3 is 4.98 Å². The maximum absolute atomic E-state index is 13.0. The smallest absolute Gasteiger partial charge is 0.255 e. The molecule has 2 aromatic carbocycles. The molecule has 1 aliphatic rings. The zero-order chi connectivity index (χ0) is 22.4. The van der Waals surface area contributed by atoms with Gasteiger partial charge in [-0.2, -0.15) is 0 Å². The van der Waals surface area contributed by atoms with Crippen molar-refractivity contribution in [1.29, 1.82) is 0 Å². The fraction of sp³-hybridized carbons (Fsp3) is 0.185. The maximum atomic E-state index is 13.0. The predicted octanol–water partition coefficient (Wildman–Crippen LogP) is 4.40. The van der Waals surface area contributed by atoms with Crippen molar-refractivity contribution >= 4 is 21.8 Å². The number of aromatic amines is 1. The molecular formula is C27H23N5O. The average molecular weight is 434 g/mol. The first-order valence-electron chi connectivity index (χ1n) is 11.2. The normalized spacial score (nSPS) is 14.0. The summed E-state index contributed by atoms with van der Waals surface area (Å²) in [5.41, 5.74) is 6.96. The van der Waals surface area contributed by atoms with Gasteiger partial charge in [0, 0.05) is 54.8 Å². The summed E-state index contributed by atoms with van der Waals surface area (Å²) in [6.45, 7) is 4.30. The Bertz CT molecular complexity index is 1560. The molecule has 6 heteroatoms. The topological polar surface area (TPSA) is 74.8 Å². The largest absolute Gasteiger partial charge is 0.306 e. The van der Waals surface area contributed by atoms with Gasteiger partial charge in [-0.05, 0) is 42.8 Å². The number of benzene rings is 2. The number of nitrogens with one attached hydrogen (secondary N) is 1. The van der Waals surface area contributed by atoms with Gasteiger partial charge in [0.2, 0.25) is 0 Å². The van der Waals surface area contributed by atoms with Crippen LogP contribution in [0.4, 0.5) is 0 Å². The zero-order valence-electron chi connectivity index (χ0n) is 18.4. The summed E-state index contributed by atoms with van der Waals surface area (Å²) >= 11 is 0. The van der Waals surface area contributed by atoms with Gasteiger partial charge in [0.25, 0.3) is 5.56 Å². The highest BCUT2D eigenvalue weighted by Crippen LogP contribution is 2.29. The summed E-state index contributed by atoms with van der Waals surface area (Å²) in [5, 5.41) is 2.35. The average Bonchev–Trinajstić information content (AvgIpc) is 2.85. The van der Waals surface area contributed by atoms with Crippen molar-refractivity contribution in [1.82, 2.24) is 24.8 Å². The molecule has 0 amide bonds. The van der Waals surface area contributed by atoms with E-state index in [2.05, 4.69) is 58.2 Å².